The Morgan fingerprint density at radius 1 is 1.54 bits per heavy atom. The molecule has 13 heavy (non-hydrogen) atoms. The highest BCUT2D eigenvalue weighted by atomic mass is 32.1. The SMILES string of the molecule is COCCCCNc1ncc(C)s1. The molecule has 0 bridgehead atoms. The number of thiazole rings is 1. The minimum atomic E-state index is 0.846. The predicted molar refractivity (Wildman–Crippen MR) is 56.5 cm³/mol. The predicted octanol–water partition coefficient (Wildman–Crippen LogP) is 2.29. The van der Waals surface area contributed by atoms with Crippen LogP contribution in [-0.4, -0.2) is 25.2 Å². The van der Waals surface area contributed by atoms with Gasteiger partial charge in [0.25, 0.3) is 0 Å². The number of aromatic nitrogens is 1. The molecule has 1 aromatic heterocycles. The number of rotatable bonds is 6. The summed E-state index contributed by atoms with van der Waals surface area (Å²) in [7, 11) is 1.73. The van der Waals surface area contributed by atoms with Crippen LogP contribution in [-0.2, 0) is 4.74 Å². The molecule has 0 saturated carbocycles. The number of unbranched alkanes of at least 4 members (excludes halogenated alkanes) is 1. The van der Waals surface area contributed by atoms with Crippen molar-refractivity contribution < 1.29 is 4.74 Å². The van der Waals surface area contributed by atoms with E-state index in [1.54, 1.807) is 18.4 Å². The number of hydrogen-bond acceptors (Lipinski definition) is 4. The third-order valence-corrected chi connectivity index (χ3v) is 2.54. The number of nitrogens with zero attached hydrogens (tertiary/aromatic N) is 1. The first-order chi connectivity index (χ1) is 6.33. The van der Waals surface area contributed by atoms with Crippen molar-refractivity contribution in [3.8, 4) is 0 Å². The minimum absolute atomic E-state index is 0.846. The van der Waals surface area contributed by atoms with Crippen molar-refractivity contribution in [2.45, 2.75) is 19.8 Å². The van der Waals surface area contributed by atoms with Crippen molar-refractivity contribution in [3.63, 3.8) is 0 Å². The third-order valence-electron chi connectivity index (χ3n) is 1.67. The van der Waals surface area contributed by atoms with E-state index in [0.29, 0.717) is 0 Å². The molecule has 3 nitrogen and oxygen atoms in total. The fraction of sp³-hybridized carbons (Fsp3) is 0.667. The number of nitrogens with one attached hydrogen (secondary N) is 1. The highest BCUT2D eigenvalue weighted by molar-refractivity contribution is 7.15. The summed E-state index contributed by atoms with van der Waals surface area (Å²) in [6.45, 7) is 3.89. The molecule has 0 aliphatic heterocycles. The number of hydrogen-bond donors (Lipinski definition) is 1. The van der Waals surface area contributed by atoms with E-state index < -0.39 is 0 Å². The number of aryl methyl sites for hydroxylation is 1. The Labute approximate surface area is 83.1 Å². The lowest BCUT2D eigenvalue weighted by Crippen LogP contribution is -2.02. The molecule has 0 aliphatic rings. The standard InChI is InChI=1S/C9H16N2OS/c1-8-7-11-9(13-8)10-5-3-4-6-12-2/h7H,3-6H2,1-2H3,(H,10,11). The molecule has 1 N–H and O–H groups in total. The summed E-state index contributed by atoms with van der Waals surface area (Å²) in [6, 6.07) is 0. The molecule has 0 unspecified atom stereocenters. The molecule has 0 fully saturated rings. The van der Waals surface area contributed by atoms with Crippen LogP contribution >= 0.6 is 11.3 Å². The van der Waals surface area contributed by atoms with Gasteiger partial charge in [-0.3, -0.25) is 0 Å². The lowest BCUT2D eigenvalue weighted by atomic mass is 10.3. The van der Waals surface area contributed by atoms with Gasteiger partial charge in [0.1, 0.15) is 0 Å². The zero-order chi connectivity index (χ0) is 9.52. The van der Waals surface area contributed by atoms with E-state index in [0.717, 1.165) is 31.1 Å². The van der Waals surface area contributed by atoms with Gasteiger partial charge < -0.3 is 10.1 Å². The van der Waals surface area contributed by atoms with Gasteiger partial charge in [-0.25, -0.2) is 4.98 Å². The molecular formula is C9H16N2OS. The van der Waals surface area contributed by atoms with Crippen molar-refractivity contribution in [1.82, 2.24) is 4.98 Å². The summed E-state index contributed by atoms with van der Waals surface area (Å²) >= 11 is 1.70. The van der Waals surface area contributed by atoms with Gasteiger partial charge in [0, 0.05) is 31.3 Å². The Hall–Kier alpha value is -0.610. The van der Waals surface area contributed by atoms with E-state index in [-0.39, 0.29) is 0 Å². The summed E-state index contributed by atoms with van der Waals surface area (Å²) in [5.41, 5.74) is 0. The van der Waals surface area contributed by atoms with Crippen LogP contribution in [0.5, 0.6) is 0 Å². The van der Waals surface area contributed by atoms with Crippen LogP contribution in [0, 0.1) is 6.92 Å². The fourth-order valence-corrected chi connectivity index (χ4v) is 1.69. The molecule has 1 heterocycles. The van der Waals surface area contributed by atoms with Crippen LogP contribution in [0.4, 0.5) is 5.13 Å². The van der Waals surface area contributed by atoms with Crippen LogP contribution in [0.3, 0.4) is 0 Å². The topological polar surface area (TPSA) is 34.1 Å². The molecule has 74 valence electrons. The Kier molecular flexibility index (Phi) is 4.78. The quantitative estimate of drug-likeness (QED) is 0.715. The average molecular weight is 200 g/mol. The summed E-state index contributed by atoms with van der Waals surface area (Å²) in [5, 5.41) is 4.30. The molecule has 1 rings (SSSR count). The summed E-state index contributed by atoms with van der Waals surface area (Å²) < 4.78 is 4.96. The highest BCUT2D eigenvalue weighted by Gasteiger charge is 1.95. The van der Waals surface area contributed by atoms with Gasteiger partial charge in [0.2, 0.25) is 0 Å². The highest BCUT2D eigenvalue weighted by Crippen LogP contribution is 2.16. The van der Waals surface area contributed by atoms with E-state index in [1.165, 1.54) is 4.88 Å². The maximum atomic E-state index is 4.96. The van der Waals surface area contributed by atoms with Crippen LogP contribution < -0.4 is 5.32 Å². The Morgan fingerprint density at radius 2 is 2.38 bits per heavy atom. The molecule has 4 heteroatoms. The second kappa shape index (κ2) is 5.94. The molecule has 0 radical (unpaired) electrons. The molecule has 0 spiro atoms. The van der Waals surface area contributed by atoms with Crippen LogP contribution in [0.1, 0.15) is 17.7 Å². The second-order valence-electron chi connectivity index (χ2n) is 2.90. The van der Waals surface area contributed by atoms with Crippen molar-refractivity contribution in [1.29, 1.82) is 0 Å². The maximum Gasteiger partial charge on any atom is 0.182 e. The Morgan fingerprint density at radius 3 is 3.00 bits per heavy atom. The first kappa shape index (κ1) is 10.5. The zero-order valence-corrected chi connectivity index (χ0v) is 8.99. The average Bonchev–Trinajstić information content (AvgIpc) is 2.51. The van der Waals surface area contributed by atoms with Crippen LogP contribution in [0.25, 0.3) is 0 Å². The van der Waals surface area contributed by atoms with Crippen molar-refractivity contribution in [2.24, 2.45) is 0 Å². The monoisotopic (exact) mass is 200 g/mol. The summed E-state index contributed by atoms with van der Waals surface area (Å²) in [5.74, 6) is 0. The van der Waals surface area contributed by atoms with E-state index in [1.807, 2.05) is 6.20 Å². The largest absolute Gasteiger partial charge is 0.385 e. The minimum Gasteiger partial charge on any atom is -0.385 e. The van der Waals surface area contributed by atoms with Crippen molar-refractivity contribution >= 4 is 16.5 Å². The molecule has 0 saturated heterocycles. The number of ether oxygens (including phenoxy) is 1. The maximum absolute atomic E-state index is 4.96. The molecule has 1 aromatic rings. The first-order valence-electron chi connectivity index (χ1n) is 4.48. The molecule has 0 aromatic carbocycles. The molecule has 0 atom stereocenters. The van der Waals surface area contributed by atoms with Gasteiger partial charge in [-0.1, -0.05) is 0 Å². The fourth-order valence-electron chi connectivity index (χ4n) is 1.00. The van der Waals surface area contributed by atoms with Gasteiger partial charge >= 0.3 is 0 Å². The Bertz CT molecular complexity index is 237. The van der Waals surface area contributed by atoms with Gasteiger partial charge in [-0.15, -0.1) is 11.3 Å². The molecule has 0 aliphatic carbocycles. The smallest absolute Gasteiger partial charge is 0.182 e. The third kappa shape index (κ3) is 4.24. The van der Waals surface area contributed by atoms with Gasteiger partial charge in [-0.2, -0.15) is 0 Å². The van der Waals surface area contributed by atoms with Crippen LogP contribution in [0.2, 0.25) is 0 Å². The number of anilines is 1. The lowest BCUT2D eigenvalue weighted by molar-refractivity contribution is 0.194. The van der Waals surface area contributed by atoms with Gasteiger partial charge in [0.05, 0.1) is 0 Å². The van der Waals surface area contributed by atoms with E-state index in [2.05, 4.69) is 17.2 Å². The van der Waals surface area contributed by atoms with Crippen molar-refractivity contribution in [3.05, 3.63) is 11.1 Å². The van der Waals surface area contributed by atoms with E-state index in [4.69, 9.17) is 4.74 Å². The summed E-state index contributed by atoms with van der Waals surface area (Å²) in [4.78, 5) is 5.46. The van der Waals surface area contributed by atoms with Crippen molar-refractivity contribution in [2.75, 3.05) is 25.6 Å². The lowest BCUT2D eigenvalue weighted by Gasteiger charge is -2.01. The van der Waals surface area contributed by atoms with Gasteiger partial charge in [-0.05, 0) is 19.8 Å². The first-order valence-corrected chi connectivity index (χ1v) is 5.30. The summed E-state index contributed by atoms with van der Waals surface area (Å²) in [6.07, 6.45) is 4.13. The zero-order valence-electron chi connectivity index (χ0n) is 8.17. The van der Waals surface area contributed by atoms with Crippen LogP contribution in [0.15, 0.2) is 6.20 Å². The second-order valence-corrected chi connectivity index (χ2v) is 4.14. The van der Waals surface area contributed by atoms with Gasteiger partial charge in [0.15, 0.2) is 5.13 Å². The number of methoxy groups -OCH3 is 1. The van der Waals surface area contributed by atoms with E-state index >= 15 is 0 Å². The molecular weight excluding hydrogens is 184 g/mol. The molecule has 0 amide bonds. The normalized spacial score (nSPS) is 10.3. The van der Waals surface area contributed by atoms with E-state index in [9.17, 15) is 0 Å². The Balaban J connectivity index is 2.06.